The topological polar surface area (TPSA) is 77.1 Å². The van der Waals surface area contributed by atoms with E-state index in [1.165, 1.54) is 6.33 Å². The number of hydrogen-bond donors (Lipinski definition) is 0. The minimum absolute atomic E-state index is 0.0818. The molecule has 0 aromatic carbocycles. The van der Waals surface area contributed by atoms with Gasteiger partial charge in [-0.15, -0.1) is 0 Å². The molecule has 3 rings (SSSR count). The molecule has 1 aliphatic rings. The smallest absolute Gasteiger partial charge is 0.276 e. The maximum Gasteiger partial charge on any atom is 0.276 e. The Bertz CT molecular complexity index is 562. The van der Waals surface area contributed by atoms with Crippen molar-refractivity contribution in [3.8, 4) is 0 Å². The van der Waals surface area contributed by atoms with Gasteiger partial charge in [0, 0.05) is 19.2 Å². The fourth-order valence-corrected chi connectivity index (χ4v) is 2.39. The van der Waals surface area contributed by atoms with Crippen molar-refractivity contribution in [1.29, 1.82) is 0 Å². The van der Waals surface area contributed by atoms with Gasteiger partial charge >= 0.3 is 0 Å². The van der Waals surface area contributed by atoms with Crippen LogP contribution in [0.15, 0.2) is 23.2 Å². The number of amides is 1. The molecule has 1 aliphatic heterocycles. The van der Waals surface area contributed by atoms with Crippen molar-refractivity contribution in [3.05, 3.63) is 30.2 Å². The van der Waals surface area contributed by atoms with Gasteiger partial charge in [0.1, 0.15) is 18.4 Å². The van der Waals surface area contributed by atoms with E-state index in [0.29, 0.717) is 18.0 Å². The van der Waals surface area contributed by atoms with Crippen molar-refractivity contribution in [2.75, 3.05) is 13.1 Å². The molecule has 1 atom stereocenters. The molecule has 0 N–H and O–H groups in total. The maximum absolute atomic E-state index is 12.3. The molecular formula is C12H15N5O2. The monoisotopic (exact) mass is 261 g/mol. The first-order valence-corrected chi connectivity index (χ1v) is 6.31. The van der Waals surface area contributed by atoms with Crippen molar-refractivity contribution in [2.24, 2.45) is 0 Å². The van der Waals surface area contributed by atoms with E-state index in [1.54, 1.807) is 24.2 Å². The lowest BCUT2D eigenvalue weighted by molar-refractivity contribution is 0.0662. The van der Waals surface area contributed by atoms with E-state index in [4.69, 9.17) is 4.52 Å². The zero-order valence-electron chi connectivity index (χ0n) is 10.7. The van der Waals surface area contributed by atoms with Crippen molar-refractivity contribution in [2.45, 2.75) is 25.8 Å². The number of hydrogen-bond acceptors (Lipinski definition) is 5. The molecule has 1 saturated heterocycles. The molecule has 100 valence electrons. The van der Waals surface area contributed by atoms with E-state index in [2.05, 4.69) is 15.2 Å². The van der Waals surface area contributed by atoms with Crippen LogP contribution in [0.2, 0.25) is 0 Å². The Hall–Kier alpha value is -2.18. The number of aryl methyl sites for hydroxylation is 1. The Morgan fingerprint density at radius 3 is 3.11 bits per heavy atom. The van der Waals surface area contributed by atoms with Gasteiger partial charge in [-0.25, -0.2) is 9.67 Å². The average molecular weight is 261 g/mol. The molecule has 0 spiro atoms. The van der Waals surface area contributed by atoms with Crippen LogP contribution >= 0.6 is 0 Å². The quantitative estimate of drug-likeness (QED) is 0.807. The summed E-state index contributed by atoms with van der Waals surface area (Å²) in [7, 11) is 0. The highest BCUT2D eigenvalue weighted by molar-refractivity contribution is 5.92. The van der Waals surface area contributed by atoms with Crippen LogP contribution in [-0.4, -0.2) is 43.8 Å². The predicted octanol–water partition coefficient (Wildman–Crippen LogP) is 1.05. The van der Waals surface area contributed by atoms with Crippen LogP contribution in [0, 0.1) is 6.92 Å². The van der Waals surface area contributed by atoms with Gasteiger partial charge in [-0.1, -0.05) is 5.16 Å². The Labute approximate surface area is 110 Å². The van der Waals surface area contributed by atoms with Gasteiger partial charge in [-0.2, -0.15) is 5.10 Å². The molecule has 7 nitrogen and oxygen atoms in total. The van der Waals surface area contributed by atoms with Crippen molar-refractivity contribution < 1.29 is 9.32 Å². The molecule has 1 amide bonds. The van der Waals surface area contributed by atoms with Gasteiger partial charge in [-0.3, -0.25) is 4.79 Å². The third kappa shape index (κ3) is 2.35. The van der Waals surface area contributed by atoms with Crippen LogP contribution in [0.1, 0.15) is 35.1 Å². The number of piperidine rings is 1. The summed E-state index contributed by atoms with van der Waals surface area (Å²) in [5.74, 6) is 0.565. The summed E-state index contributed by atoms with van der Waals surface area (Å²) in [6, 6.07) is 1.86. The summed E-state index contributed by atoms with van der Waals surface area (Å²) in [4.78, 5) is 18.0. The van der Waals surface area contributed by atoms with E-state index in [-0.39, 0.29) is 11.9 Å². The van der Waals surface area contributed by atoms with Crippen molar-refractivity contribution in [1.82, 2.24) is 24.8 Å². The standard InChI is InChI=1S/C12H15N5O2/c1-9-5-11(15-19-9)12(18)16-4-2-3-10(6-16)17-8-13-7-14-17/h5,7-8,10H,2-4,6H2,1H3/t10-/m0/s1. The Balaban J connectivity index is 1.73. The summed E-state index contributed by atoms with van der Waals surface area (Å²) in [6.07, 6.45) is 5.17. The molecule has 0 radical (unpaired) electrons. The van der Waals surface area contributed by atoms with Gasteiger partial charge < -0.3 is 9.42 Å². The number of aromatic nitrogens is 4. The van der Waals surface area contributed by atoms with E-state index in [1.807, 2.05) is 4.68 Å². The highest BCUT2D eigenvalue weighted by Crippen LogP contribution is 2.21. The maximum atomic E-state index is 12.3. The van der Waals surface area contributed by atoms with E-state index in [0.717, 1.165) is 19.4 Å². The molecule has 7 heteroatoms. The molecule has 0 bridgehead atoms. The number of rotatable bonds is 2. The summed E-state index contributed by atoms with van der Waals surface area (Å²) < 4.78 is 6.76. The van der Waals surface area contributed by atoms with Crippen LogP contribution in [0.25, 0.3) is 0 Å². The Kier molecular flexibility index (Phi) is 3.02. The second kappa shape index (κ2) is 4.83. The molecule has 1 fully saturated rings. The lowest BCUT2D eigenvalue weighted by Crippen LogP contribution is -2.41. The lowest BCUT2D eigenvalue weighted by Gasteiger charge is -2.32. The van der Waals surface area contributed by atoms with Gasteiger partial charge in [0.05, 0.1) is 6.04 Å². The van der Waals surface area contributed by atoms with Crippen LogP contribution in [-0.2, 0) is 0 Å². The largest absolute Gasteiger partial charge is 0.361 e. The molecule has 3 heterocycles. The Morgan fingerprint density at radius 1 is 1.53 bits per heavy atom. The van der Waals surface area contributed by atoms with Gasteiger partial charge in [0.2, 0.25) is 0 Å². The lowest BCUT2D eigenvalue weighted by atomic mass is 10.1. The first-order chi connectivity index (χ1) is 9.24. The minimum Gasteiger partial charge on any atom is -0.361 e. The fourth-order valence-electron chi connectivity index (χ4n) is 2.39. The summed E-state index contributed by atoms with van der Waals surface area (Å²) in [5.41, 5.74) is 0.372. The molecule has 0 aliphatic carbocycles. The third-order valence-corrected chi connectivity index (χ3v) is 3.34. The highest BCUT2D eigenvalue weighted by atomic mass is 16.5. The number of carbonyl (C=O) groups is 1. The van der Waals surface area contributed by atoms with Crippen LogP contribution in [0.5, 0.6) is 0 Å². The molecule has 2 aromatic rings. The minimum atomic E-state index is -0.0818. The zero-order valence-corrected chi connectivity index (χ0v) is 10.7. The molecular weight excluding hydrogens is 246 g/mol. The molecule has 19 heavy (non-hydrogen) atoms. The zero-order chi connectivity index (χ0) is 13.2. The first-order valence-electron chi connectivity index (χ1n) is 6.31. The van der Waals surface area contributed by atoms with E-state index < -0.39 is 0 Å². The number of carbonyl (C=O) groups excluding carboxylic acids is 1. The summed E-state index contributed by atoms with van der Waals surface area (Å²) >= 11 is 0. The van der Waals surface area contributed by atoms with E-state index >= 15 is 0 Å². The predicted molar refractivity (Wildman–Crippen MR) is 65.4 cm³/mol. The highest BCUT2D eigenvalue weighted by Gasteiger charge is 2.27. The van der Waals surface area contributed by atoms with E-state index in [9.17, 15) is 4.79 Å². The normalized spacial score (nSPS) is 19.6. The van der Waals surface area contributed by atoms with Crippen molar-refractivity contribution >= 4 is 5.91 Å². The number of nitrogens with zero attached hydrogens (tertiary/aromatic N) is 5. The summed E-state index contributed by atoms with van der Waals surface area (Å²) in [5, 5.41) is 7.92. The molecule has 2 aromatic heterocycles. The van der Waals surface area contributed by atoms with Crippen molar-refractivity contribution in [3.63, 3.8) is 0 Å². The number of likely N-dealkylation sites (tertiary alicyclic amines) is 1. The van der Waals surface area contributed by atoms with Gasteiger partial charge in [0.25, 0.3) is 5.91 Å². The third-order valence-electron chi connectivity index (χ3n) is 3.34. The van der Waals surface area contributed by atoms with Crippen LogP contribution in [0.4, 0.5) is 0 Å². The SMILES string of the molecule is Cc1cc(C(=O)N2CCC[C@H](n3cncn3)C2)no1. The van der Waals surface area contributed by atoms with Crippen LogP contribution in [0.3, 0.4) is 0 Å². The average Bonchev–Trinajstić information content (AvgIpc) is 3.09. The fraction of sp³-hybridized carbons (Fsp3) is 0.500. The molecule has 0 saturated carbocycles. The summed E-state index contributed by atoms with van der Waals surface area (Å²) in [6.45, 7) is 3.15. The van der Waals surface area contributed by atoms with Gasteiger partial charge in [-0.05, 0) is 19.8 Å². The molecule has 0 unspecified atom stereocenters. The second-order valence-corrected chi connectivity index (χ2v) is 4.75. The first kappa shape index (κ1) is 11.9. The van der Waals surface area contributed by atoms with Crippen LogP contribution < -0.4 is 0 Å². The second-order valence-electron chi connectivity index (χ2n) is 4.75. The Morgan fingerprint density at radius 2 is 2.42 bits per heavy atom. The van der Waals surface area contributed by atoms with Gasteiger partial charge in [0.15, 0.2) is 5.69 Å².